The molecule has 1 N–H and O–H groups in total. The van der Waals surface area contributed by atoms with E-state index in [1.165, 1.54) is 11.1 Å². The molecule has 1 aliphatic rings. The Balaban J connectivity index is 1.84. The molecule has 1 saturated heterocycles. The van der Waals surface area contributed by atoms with Gasteiger partial charge in [0.15, 0.2) is 0 Å². The molecule has 3 heteroatoms. The van der Waals surface area contributed by atoms with Crippen LogP contribution in [0.25, 0.3) is 0 Å². The number of benzene rings is 1. The Morgan fingerprint density at radius 3 is 3.12 bits per heavy atom. The Kier molecular flexibility index (Phi) is 3.88. The van der Waals surface area contributed by atoms with Gasteiger partial charge >= 0.3 is 0 Å². The van der Waals surface area contributed by atoms with Crippen LogP contribution in [-0.2, 0) is 11.3 Å². The second kappa shape index (κ2) is 5.39. The molecule has 1 heterocycles. The average molecular weight is 235 g/mol. The smallest absolute Gasteiger partial charge is 0.224 e. The third-order valence-electron chi connectivity index (χ3n) is 2.85. The number of aryl methyl sites for hydroxylation is 1. The molecule has 1 aromatic carbocycles. The first kappa shape index (κ1) is 11.5. The third kappa shape index (κ3) is 3.01. The molecule has 0 radical (unpaired) electrons. The average Bonchev–Trinajstić information content (AvgIpc) is 2.79. The summed E-state index contributed by atoms with van der Waals surface area (Å²) in [4.78, 5) is 11.8. The lowest BCUT2D eigenvalue weighted by Crippen LogP contribution is -2.30. The lowest BCUT2D eigenvalue weighted by atomic mass is 10.1. The Labute approximate surface area is 101 Å². The van der Waals surface area contributed by atoms with E-state index in [1.807, 2.05) is 17.8 Å². The molecule has 0 bridgehead atoms. The van der Waals surface area contributed by atoms with Gasteiger partial charge in [-0.3, -0.25) is 4.79 Å². The maximum absolute atomic E-state index is 11.8. The molecule has 1 atom stereocenters. The third-order valence-corrected chi connectivity index (χ3v) is 4.01. The summed E-state index contributed by atoms with van der Waals surface area (Å²) in [6.45, 7) is 2.72. The molecule has 2 nitrogen and oxygen atoms in total. The van der Waals surface area contributed by atoms with Crippen LogP contribution in [0, 0.1) is 12.8 Å². The van der Waals surface area contributed by atoms with Gasteiger partial charge in [-0.1, -0.05) is 29.8 Å². The van der Waals surface area contributed by atoms with E-state index in [9.17, 15) is 4.79 Å². The highest BCUT2D eigenvalue weighted by atomic mass is 32.2. The Hall–Kier alpha value is -0.960. The van der Waals surface area contributed by atoms with E-state index in [4.69, 9.17) is 0 Å². The summed E-state index contributed by atoms with van der Waals surface area (Å²) in [5.74, 6) is 2.56. The highest BCUT2D eigenvalue weighted by molar-refractivity contribution is 7.99. The lowest BCUT2D eigenvalue weighted by Gasteiger charge is -2.10. The highest BCUT2D eigenvalue weighted by Gasteiger charge is 2.22. The molecular weight excluding hydrogens is 218 g/mol. The summed E-state index contributed by atoms with van der Waals surface area (Å²) in [5, 5.41) is 3.02. The van der Waals surface area contributed by atoms with Crippen LogP contribution in [-0.4, -0.2) is 17.4 Å². The van der Waals surface area contributed by atoms with E-state index in [1.54, 1.807) is 0 Å². The first-order valence-corrected chi connectivity index (χ1v) is 6.82. The second-order valence-corrected chi connectivity index (χ2v) is 5.42. The van der Waals surface area contributed by atoms with Crippen molar-refractivity contribution in [2.75, 3.05) is 11.5 Å². The van der Waals surface area contributed by atoms with Crippen molar-refractivity contribution in [3.05, 3.63) is 35.4 Å². The number of carbonyl (C=O) groups is 1. The quantitative estimate of drug-likeness (QED) is 0.871. The number of carbonyl (C=O) groups excluding carboxylic acids is 1. The minimum absolute atomic E-state index is 0.214. The molecule has 0 aromatic heterocycles. The fourth-order valence-electron chi connectivity index (χ4n) is 1.90. The van der Waals surface area contributed by atoms with Crippen molar-refractivity contribution in [3.63, 3.8) is 0 Å². The van der Waals surface area contributed by atoms with Gasteiger partial charge < -0.3 is 5.32 Å². The predicted octanol–water partition coefficient (Wildman–Crippen LogP) is 2.36. The summed E-state index contributed by atoms with van der Waals surface area (Å²) in [6.07, 6.45) is 1.03. The first-order chi connectivity index (χ1) is 7.75. The van der Waals surface area contributed by atoms with Crippen molar-refractivity contribution >= 4 is 17.7 Å². The predicted molar refractivity (Wildman–Crippen MR) is 68.5 cm³/mol. The van der Waals surface area contributed by atoms with Crippen molar-refractivity contribution in [2.24, 2.45) is 5.92 Å². The van der Waals surface area contributed by atoms with Crippen LogP contribution >= 0.6 is 11.8 Å². The van der Waals surface area contributed by atoms with Gasteiger partial charge in [-0.25, -0.2) is 0 Å². The lowest BCUT2D eigenvalue weighted by molar-refractivity contribution is -0.124. The SMILES string of the molecule is Cc1cccc(CNC(=O)C2CCSC2)c1. The van der Waals surface area contributed by atoms with E-state index >= 15 is 0 Å². The Bertz CT molecular complexity index is 372. The van der Waals surface area contributed by atoms with Gasteiger partial charge in [0, 0.05) is 18.2 Å². The summed E-state index contributed by atoms with van der Waals surface area (Å²) >= 11 is 1.87. The molecule has 0 aliphatic carbocycles. The zero-order valence-electron chi connectivity index (χ0n) is 9.53. The molecule has 1 unspecified atom stereocenters. The molecule has 0 spiro atoms. The summed E-state index contributed by atoms with van der Waals surface area (Å²) < 4.78 is 0. The standard InChI is InChI=1S/C13H17NOS/c1-10-3-2-4-11(7-10)8-14-13(15)12-5-6-16-9-12/h2-4,7,12H,5-6,8-9H2,1H3,(H,14,15). The molecule has 86 valence electrons. The molecule has 0 saturated carbocycles. The molecular formula is C13H17NOS. The van der Waals surface area contributed by atoms with Crippen LogP contribution in [0.5, 0.6) is 0 Å². The van der Waals surface area contributed by atoms with Crippen LogP contribution in [0.15, 0.2) is 24.3 Å². The molecule has 2 rings (SSSR count). The van der Waals surface area contributed by atoms with Gasteiger partial charge in [0.05, 0.1) is 0 Å². The minimum Gasteiger partial charge on any atom is -0.352 e. The van der Waals surface area contributed by atoms with Crippen LogP contribution in [0.1, 0.15) is 17.5 Å². The van der Waals surface area contributed by atoms with E-state index in [0.29, 0.717) is 6.54 Å². The molecule has 1 amide bonds. The molecule has 1 aliphatic heterocycles. The zero-order valence-corrected chi connectivity index (χ0v) is 10.3. The molecule has 16 heavy (non-hydrogen) atoms. The van der Waals surface area contributed by atoms with Crippen LogP contribution < -0.4 is 5.32 Å². The van der Waals surface area contributed by atoms with E-state index in [2.05, 4.69) is 30.4 Å². The second-order valence-electron chi connectivity index (χ2n) is 4.27. The number of hydrogen-bond acceptors (Lipinski definition) is 2. The summed E-state index contributed by atoms with van der Waals surface area (Å²) in [7, 11) is 0. The van der Waals surface area contributed by atoms with E-state index in [-0.39, 0.29) is 11.8 Å². The first-order valence-electron chi connectivity index (χ1n) is 5.67. The summed E-state index contributed by atoms with van der Waals surface area (Å²) in [6, 6.07) is 8.27. The van der Waals surface area contributed by atoms with E-state index < -0.39 is 0 Å². The maximum atomic E-state index is 11.8. The maximum Gasteiger partial charge on any atom is 0.224 e. The molecule has 1 aromatic rings. The Morgan fingerprint density at radius 1 is 1.56 bits per heavy atom. The summed E-state index contributed by atoms with van der Waals surface area (Å²) in [5.41, 5.74) is 2.42. The van der Waals surface area contributed by atoms with Gasteiger partial charge in [0.2, 0.25) is 5.91 Å². The fourth-order valence-corrected chi connectivity index (χ4v) is 3.12. The van der Waals surface area contributed by atoms with Crippen molar-refractivity contribution in [1.82, 2.24) is 5.32 Å². The largest absolute Gasteiger partial charge is 0.352 e. The highest BCUT2D eigenvalue weighted by Crippen LogP contribution is 2.23. The van der Waals surface area contributed by atoms with Crippen LogP contribution in [0.3, 0.4) is 0 Å². The number of hydrogen-bond donors (Lipinski definition) is 1. The number of amides is 1. The van der Waals surface area contributed by atoms with E-state index in [0.717, 1.165) is 17.9 Å². The Morgan fingerprint density at radius 2 is 2.44 bits per heavy atom. The van der Waals surface area contributed by atoms with Crippen molar-refractivity contribution in [3.8, 4) is 0 Å². The van der Waals surface area contributed by atoms with Crippen LogP contribution in [0.2, 0.25) is 0 Å². The van der Waals surface area contributed by atoms with Crippen molar-refractivity contribution in [1.29, 1.82) is 0 Å². The van der Waals surface area contributed by atoms with Crippen LogP contribution in [0.4, 0.5) is 0 Å². The zero-order chi connectivity index (χ0) is 11.4. The van der Waals surface area contributed by atoms with Gasteiger partial charge in [-0.2, -0.15) is 11.8 Å². The number of nitrogens with one attached hydrogen (secondary N) is 1. The molecule has 1 fully saturated rings. The van der Waals surface area contributed by atoms with Crippen molar-refractivity contribution < 1.29 is 4.79 Å². The van der Waals surface area contributed by atoms with Crippen molar-refractivity contribution in [2.45, 2.75) is 19.9 Å². The monoisotopic (exact) mass is 235 g/mol. The van der Waals surface area contributed by atoms with Gasteiger partial charge in [-0.05, 0) is 24.7 Å². The normalized spacial score (nSPS) is 19.7. The fraction of sp³-hybridized carbons (Fsp3) is 0.462. The van der Waals surface area contributed by atoms with Gasteiger partial charge in [0.1, 0.15) is 0 Å². The van der Waals surface area contributed by atoms with Gasteiger partial charge in [-0.15, -0.1) is 0 Å². The topological polar surface area (TPSA) is 29.1 Å². The van der Waals surface area contributed by atoms with Gasteiger partial charge in [0.25, 0.3) is 0 Å². The number of rotatable bonds is 3. The minimum atomic E-state index is 0.214. The number of thioether (sulfide) groups is 1.